The molecule has 0 spiro atoms. The average molecular weight is 354 g/mol. The molecule has 0 radical (unpaired) electrons. The van der Waals surface area contributed by atoms with Crippen LogP contribution in [0.4, 0.5) is 19.0 Å². The molecule has 0 atom stereocenters. The third-order valence-corrected chi connectivity index (χ3v) is 3.83. The van der Waals surface area contributed by atoms with Gasteiger partial charge in [-0.2, -0.15) is 23.4 Å². The number of aromatic amines is 1. The number of aryl methyl sites for hydroxylation is 1. The second kappa shape index (κ2) is 5.64. The standard InChI is InChI=1S/C15H17F3N6O/c1-7(2)5-24-6-8(12-11(14(24)25)13(19)21-20-12)9-4-10(15(16,17)18)23(3)22-9/h4,6-7H,5H2,1-3H3,(H3,19,20,21). The molecule has 0 saturated heterocycles. The molecule has 0 unspecified atom stereocenters. The van der Waals surface area contributed by atoms with Gasteiger partial charge in [0.25, 0.3) is 5.56 Å². The van der Waals surface area contributed by atoms with Crippen molar-refractivity contribution >= 4 is 16.7 Å². The van der Waals surface area contributed by atoms with Crippen molar-refractivity contribution in [3.63, 3.8) is 0 Å². The second-order valence-electron chi connectivity index (χ2n) is 6.29. The molecule has 10 heteroatoms. The quantitative estimate of drug-likeness (QED) is 0.755. The number of nitrogens with zero attached hydrogens (tertiary/aromatic N) is 4. The summed E-state index contributed by atoms with van der Waals surface area (Å²) in [4.78, 5) is 12.6. The number of nitrogens with one attached hydrogen (secondary N) is 1. The van der Waals surface area contributed by atoms with Crippen LogP contribution in [0.5, 0.6) is 0 Å². The van der Waals surface area contributed by atoms with Gasteiger partial charge in [0.1, 0.15) is 11.1 Å². The van der Waals surface area contributed by atoms with Crippen molar-refractivity contribution in [1.29, 1.82) is 0 Å². The zero-order valence-electron chi connectivity index (χ0n) is 13.8. The van der Waals surface area contributed by atoms with Gasteiger partial charge in [-0.1, -0.05) is 13.8 Å². The molecule has 3 heterocycles. The second-order valence-corrected chi connectivity index (χ2v) is 6.29. The Morgan fingerprint density at radius 1 is 1.36 bits per heavy atom. The van der Waals surface area contributed by atoms with Crippen LogP contribution in [0.2, 0.25) is 0 Å². The number of nitrogen functional groups attached to an aromatic ring is 1. The summed E-state index contributed by atoms with van der Waals surface area (Å²) in [6, 6.07) is 0.940. The van der Waals surface area contributed by atoms with E-state index in [4.69, 9.17) is 5.73 Å². The van der Waals surface area contributed by atoms with Gasteiger partial charge in [-0.3, -0.25) is 14.6 Å². The van der Waals surface area contributed by atoms with E-state index in [0.29, 0.717) is 12.1 Å². The largest absolute Gasteiger partial charge is 0.433 e. The summed E-state index contributed by atoms with van der Waals surface area (Å²) in [7, 11) is 1.22. The molecule has 0 aliphatic rings. The molecule has 0 saturated carbocycles. The van der Waals surface area contributed by atoms with Crippen LogP contribution in [0.15, 0.2) is 17.1 Å². The lowest BCUT2D eigenvalue weighted by Crippen LogP contribution is -2.22. The molecule has 0 aliphatic heterocycles. The number of pyridine rings is 1. The maximum absolute atomic E-state index is 13.1. The van der Waals surface area contributed by atoms with Gasteiger partial charge in [0.15, 0.2) is 5.82 Å². The van der Waals surface area contributed by atoms with E-state index in [2.05, 4.69) is 15.3 Å². The first-order chi connectivity index (χ1) is 11.6. The highest BCUT2D eigenvalue weighted by Gasteiger charge is 2.35. The average Bonchev–Trinajstić information content (AvgIpc) is 3.05. The molecular formula is C15H17F3N6O. The molecule has 0 bridgehead atoms. The Labute approximate surface area is 140 Å². The van der Waals surface area contributed by atoms with Crippen LogP contribution in [0.1, 0.15) is 19.5 Å². The molecule has 0 amide bonds. The fourth-order valence-electron chi connectivity index (χ4n) is 2.78. The lowest BCUT2D eigenvalue weighted by molar-refractivity contribution is -0.143. The summed E-state index contributed by atoms with van der Waals surface area (Å²) in [6.45, 7) is 4.25. The first kappa shape index (κ1) is 17.1. The highest BCUT2D eigenvalue weighted by Crippen LogP contribution is 2.33. The summed E-state index contributed by atoms with van der Waals surface area (Å²) >= 11 is 0. The maximum Gasteiger partial charge on any atom is 0.433 e. The normalized spacial score (nSPS) is 12.4. The molecule has 3 aromatic heterocycles. The number of aromatic nitrogens is 5. The number of fused-ring (bicyclic) bond motifs is 1. The van der Waals surface area contributed by atoms with E-state index in [0.717, 1.165) is 10.7 Å². The predicted molar refractivity (Wildman–Crippen MR) is 86.8 cm³/mol. The van der Waals surface area contributed by atoms with E-state index in [1.54, 1.807) is 0 Å². The van der Waals surface area contributed by atoms with E-state index in [1.165, 1.54) is 17.8 Å². The van der Waals surface area contributed by atoms with Crippen molar-refractivity contribution in [3.8, 4) is 11.3 Å². The number of rotatable bonds is 3. The minimum Gasteiger partial charge on any atom is -0.382 e. The zero-order chi connectivity index (χ0) is 18.5. The third-order valence-electron chi connectivity index (χ3n) is 3.83. The molecule has 3 N–H and O–H groups in total. The fraction of sp³-hybridized carbons (Fsp3) is 0.400. The number of hydrogen-bond acceptors (Lipinski definition) is 4. The highest BCUT2D eigenvalue weighted by molar-refractivity contribution is 5.97. The summed E-state index contributed by atoms with van der Waals surface area (Å²) in [5.41, 5.74) is 5.24. The SMILES string of the molecule is CC(C)Cn1cc(-c2cc(C(F)(F)F)n(C)n2)c2[nH]nc(N)c2c1=O. The maximum atomic E-state index is 13.1. The molecule has 3 rings (SSSR count). The van der Waals surface area contributed by atoms with Gasteiger partial charge in [0.05, 0.1) is 11.2 Å². The first-order valence-corrected chi connectivity index (χ1v) is 7.58. The van der Waals surface area contributed by atoms with E-state index in [9.17, 15) is 18.0 Å². The molecule has 0 aromatic carbocycles. The molecular weight excluding hydrogens is 337 g/mol. The predicted octanol–water partition coefficient (Wildman–Crippen LogP) is 2.38. The van der Waals surface area contributed by atoms with Crippen molar-refractivity contribution in [2.24, 2.45) is 13.0 Å². The molecule has 0 fully saturated rings. The number of anilines is 1. The Bertz CT molecular complexity index is 995. The summed E-state index contributed by atoms with van der Waals surface area (Å²) in [6.07, 6.45) is -3.04. The van der Waals surface area contributed by atoms with Crippen LogP contribution in [-0.2, 0) is 19.8 Å². The first-order valence-electron chi connectivity index (χ1n) is 7.58. The van der Waals surface area contributed by atoms with Crippen LogP contribution in [0, 0.1) is 5.92 Å². The Hall–Kier alpha value is -2.78. The van der Waals surface area contributed by atoms with E-state index in [-0.39, 0.29) is 33.9 Å². The third kappa shape index (κ3) is 2.87. The smallest absolute Gasteiger partial charge is 0.382 e. The van der Waals surface area contributed by atoms with E-state index < -0.39 is 11.9 Å². The number of hydrogen-bond donors (Lipinski definition) is 2. The Kier molecular flexibility index (Phi) is 3.85. The van der Waals surface area contributed by atoms with Crippen LogP contribution in [0.3, 0.4) is 0 Å². The van der Waals surface area contributed by atoms with Crippen LogP contribution < -0.4 is 11.3 Å². The molecule has 7 nitrogen and oxygen atoms in total. The van der Waals surface area contributed by atoms with Crippen molar-refractivity contribution in [2.45, 2.75) is 26.6 Å². The van der Waals surface area contributed by atoms with Crippen LogP contribution in [-0.4, -0.2) is 24.5 Å². The number of H-pyrrole nitrogens is 1. The molecule has 134 valence electrons. The van der Waals surface area contributed by atoms with Gasteiger partial charge in [-0.05, 0) is 12.0 Å². The minimum absolute atomic E-state index is 0.00586. The number of nitrogens with two attached hydrogens (primary N) is 1. The van der Waals surface area contributed by atoms with Gasteiger partial charge in [0.2, 0.25) is 0 Å². The van der Waals surface area contributed by atoms with Crippen molar-refractivity contribution < 1.29 is 13.2 Å². The van der Waals surface area contributed by atoms with Gasteiger partial charge in [-0.15, -0.1) is 0 Å². The lowest BCUT2D eigenvalue weighted by Gasteiger charge is -2.11. The number of alkyl halides is 3. The van der Waals surface area contributed by atoms with Gasteiger partial charge >= 0.3 is 6.18 Å². The fourth-order valence-corrected chi connectivity index (χ4v) is 2.78. The van der Waals surface area contributed by atoms with Gasteiger partial charge < -0.3 is 10.3 Å². The Morgan fingerprint density at radius 3 is 2.60 bits per heavy atom. The van der Waals surface area contributed by atoms with Gasteiger partial charge in [-0.25, -0.2) is 0 Å². The summed E-state index contributed by atoms with van der Waals surface area (Å²) < 4.78 is 41.4. The van der Waals surface area contributed by atoms with Crippen LogP contribution in [0.25, 0.3) is 22.2 Å². The lowest BCUT2D eigenvalue weighted by atomic mass is 10.1. The van der Waals surface area contributed by atoms with Gasteiger partial charge in [0, 0.05) is 25.4 Å². The monoisotopic (exact) mass is 354 g/mol. The summed E-state index contributed by atoms with van der Waals surface area (Å²) in [5, 5.41) is 10.5. The Morgan fingerprint density at radius 2 is 2.04 bits per heavy atom. The van der Waals surface area contributed by atoms with E-state index >= 15 is 0 Å². The molecule has 0 aliphatic carbocycles. The highest BCUT2D eigenvalue weighted by atomic mass is 19.4. The summed E-state index contributed by atoms with van der Waals surface area (Å²) in [5.74, 6) is 0.164. The Balaban J connectivity index is 2.29. The van der Waals surface area contributed by atoms with E-state index in [1.807, 2.05) is 13.8 Å². The minimum atomic E-state index is -4.53. The van der Waals surface area contributed by atoms with Crippen molar-refractivity contribution in [3.05, 3.63) is 28.3 Å². The van der Waals surface area contributed by atoms with Crippen LogP contribution >= 0.6 is 0 Å². The van der Waals surface area contributed by atoms with Crippen molar-refractivity contribution in [2.75, 3.05) is 5.73 Å². The zero-order valence-corrected chi connectivity index (χ0v) is 13.8. The van der Waals surface area contributed by atoms with Crippen molar-refractivity contribution in [1.82, 2.24) is 24.5 Å². The molecule has 3 aromatic rings. The molecule has 25 heavy (non-hydrogen) atoms. The topological polar surface area (TPSA) is 94.5 Å². The number of halogens is 3.